The van der Waals surface area contributed by atoms with Gasteiger partial charge in [-0.05, 0) is 23.8 Å². The van der Waals surface area contributed by atoms with E-state index in [0.717, 1.165) is 22.0 Å². The molecule has 0 fully saturated rings. The number of nitrogens with zero attached hydrogens (tertiary/aromatic N) is 4. The number of thioether (sulfide) groups is 1. The van der Waals surface area contributed by atoms with Crippen LogP contribution in [0.1, 0.15) is 39.7 Å². The molecule has 0 saturated heterocycles. The van der Waals surface area contributed by atoms with Crippen LogP contribution in [-0.2, 0) is 12.2 Å². The number of rotatable bonds is 4. The highest BCUT2D eigenvalue weighted by Gasteiger charge is 2.30. The third-order valence-corrected chi connectivity index (χ3v) is 6.08. The van der Waals surface area contributed by atoms with Crippen LogP contribution in [0.3, 0.4) is 0 Å². The van der Waals surface area contributed by atoms with E-state index in [-0.39, 0.29) is 11.7 Å². The van der Waals surface area contributed by atoms with Gasteiger partial charge in [-0.25, -0.2) is 9.50 Å². The minimum absolute atomic E-state index is 0.0157. The monoisotopic (exact) mass is 410 g/mol. The molecular formula is C20H15ClN4O2S. The third kappa shape index (κ3) is 3.21. The van der Waals surface area contributed by atoms with Crippen molar-refractivity contribution in [3.05, 3.63) is 76.5 Å². The van der Waals surface area contributed by atoms with Crippen LogP contribution >= 0.6 is 23.4 Å². The van der Waals surface area contributed by atoms with Gasteiger partial charge < -0.3 is 4.42 Å². The van der Waals surface area contributed by atoms with Crippen LogP contribution in [0, 0.1) is 0 Å². The molecule has 28 heavy (non-hydrogen) atoms. The summed E-state index contributed by atoms with van der Waals surface area (Å²) in [5, 5.41) is 5.79. The van der Waals surface area contributed by atoms with Crippen LogP contribution in [0.15, 0.2) is 58.4 Å². The maximum absolute atomic E-state index is 12.6. The first-order valence-corrected chi connectivity index (χ1v) is 10.2. The van der Waals surface area contributed by atoms with E-state index < -0.39 is 0 Å². The summed E-state index contributed by atoms with van der Waals surface area (Å²) in [4.78, 5) is 21.7. The molecule has 3 aromatic heterocycles. The van der Waals surface area contributed by atoms with E-state index in [2.05, 4.69) is 15.1 Å². The summed E-state index contributed by atoms with van der Waals surface area (Å²) < 4.78 is 7.07. The minimum Gasteiger partial charge on any atom is -0.469 e. The second-order valence-corrected chi connectivity index (χ2v) is 8.01. The Kier molecular flexibility index (Phi) is 4.41. The number of hydrogen-bond acceptors (Lipinski definition) is 6. The number of Topliss-reactive ketones (excluding diaryl/α,β-unsaturated/α-hetero) is 1. The van der Waals surface area contributed by atoms with E-state index in [1.807, 2.05) is 36.4 Å². The normalized spacial score (nSPS) is 16.5. The first-order valence-electron chi connectivity index (χ1n) is 8.86. The average molecular weight is 411 g/mol. The second-order valence-electron chi connectivity index (χ2n) is 6.66. The largest absolute Gasteiger partial charge is 0.469 e. The van der Waals surface area contributed by atoms with E-state index in [9.17, 15) is 4.79 Å². The van der Waals surface area contributed by atoms with Crippen molar-refractivity contribution < 1.29 is 9.21 Å². The molecule has 0 radical (unpaired) electrons. The number of halogens is 1. The lowest BCUT2D eigenvalue weighted by atomic mass is 9.85. The molecule has 5 rings (SSSR count). The number of aromatic nitrogens is 4. The Labute approximate surface area is 169 Å². The number of hydrogen-bond donors (Lipinski definition) is 0. The smallest absolute Gasteiger partial charge is 0.253 e. The van der Waals surface area contributed by atoms with Crippen molar-refractivity contribution in [1.29, 1.82) is 0 Å². The van der Waals surface area contributed by atoms with Gasteiger partial charge in [-0.1, -0.05) is 41.6 Å². The molecule has 1 aromatic carbocycles. The summed E-state index contributed by atoms with van der Waals surface area (Å²) >= 11 is 7.70. The predicted octanol–water partition coefficient (Wildman–Crippen LogP) is 4.58. The van der Waals surface area contributed by atoms with E-state index >= 15 is 0 Å². The maximum atomic E-state index is 12.6. The van der Waals surface area contributed by atoms with Gasteiger partial charge in [0.1, 0.15) is 5.76 Å². The van der Waals surface area contributed by atoms with Gasteiger partial charge >= 0.3 is 0 Å². The molecular weight excluding hydrogens is 396 g/mol. The third-order valence-electron chi connectivity index (χ3n) is 4.82. The first-order chi connectivity index (χ1) is 13.7. The van der Waals surface area contributed by atoms with Gasteiger partial charge in [0.05, 0.1) is 17.5 Å². The first kappa shape index (κ1) is 17.5. The molecule has 0 spiro atoms. The van der Waals surface area contributed by atoms with Gasteiger partial charge in [-0.2, -0.15) is 4.98 Å². The highest BCUT2D eigenvalue weighted by atomic mass is 35.5. The van der Waals surface area contributed by atoms with Crippen molar-refractivity contribution in [2.45, 2.75) is 29.7 Å². The lowest BCUT2D eigenvalue weighted by molar-refractivity contribution is 0.0958. The summed E-state index contributed by atoms with van der Waals surface area (Å²) in [7, 11) is 0. The number of fused-ring (bicyclic) bond motifs is 2. The minimum atomic E-state index is 0.0157. The Bertz CT molecular complexity index is 1170. The molecule has 0 aliphatic heterocycles. The predicted molar refractivity (Wildman–Crippen MR) is 106 cm³/mol. The molecule has 0 saturated carbocycles. The molecule has 3 heterocycles. The van der Waals surface area contributed by atoms with Crippen LogP contribution in [0.5, 0.6) is 0 Å². The van der Waals surface area contributed by atoms with Gasteiger partial charge in [0.25, 0.3) is 5.78 Å². The Morgan fingerprint density at radius 2 is 2.07 bits per heavy atom. The second kappa shape index (κ2) is 7.07. The van der Waals surface area contributed by atoms with E-state index in [4.69, 9.17) is 16.0 Å². The number of furan rings is 1. The molecule has 0 unspecified atom stereocenters. The molecule has 1 atom stereocenters. The summed E-state index contributed by atoms with van der Waals surface area (Å²) in [5.74, 6) is 2.04. The van der Waals surface area contributed by atoms with Crippen LogP contribution in [0.4, 0.5) is 0 Å². The topological polar surface area (TPSA) is 73.3 Å². The Morgan fingerprint density at radius 3 is 2.89 bits per heavy atom. The summed E-state index contributed by atoms with van der Waals surface area (Å²) in [6.45, 7) is 0. The van der Waals surface area contributed by atoms with Gasteiger partial charge in [0.2, 0.25) is 5.16 Å². The van der Waals surface area contributed by atoms with E-state index in [1.54, 1.807) is 17.0 Å². The van der Waals surface area contributed by atoms with Gasteiger partial charge in [0.15, 0.2) is 5.78 Å². The molecule has 0 N–H and O–H groups in total. The van der Waals surface area contributed by atoms with Crippen molar-refractivity contribution >= 4 is 34.9 Å². The van der Waals surface area contributed by atoms with Crippen molar-refractivity contribution in [3.63, 3.8) is 0 Å². The van der Waals surface area contributed by atoms with Crippen molar-refractivity contribution in [3.8, 4) is 0 Å². The Hall–Kier alpha value is -2.64. The van der Waals surface area contributed by atoms with Gasteiger partial charge in [-0.3, -0.25) is 4.79 Å². The van der Waals surface area contributed by atoms with E-state index in [1.165, 1.54) is 11.8 Å². The fraction of sp³-hybridized carbons (Fsp3) is 0.200. The fourth-order valence-electron chi connectivity index (χ4n) is 3.41. The SMILES string of the molecule is O=C1C[C@@H](c2ccco2)Cc2nc3nc(SCc4ccccc4Cl)nn3cc21. The molecule has 1 aliphatic rings. The fourth-order valence-corrected chi connectivity index (χ4v) is 4.52. The molecule has 0 amide bonds. The lowest BCUT2D eigenvalue weighted by Gasteiger charge is -2.20. The maximum Gasteiger partial charge on any atom is 0.253 e. The summed E-state index contributed by atoms with van der Waals surface area (Å²) in [6, 6.07) is 11.5. The number of ketones is 1. The van der Waals surface area contributed by atoms with Crippen LogP contribution in [0.25, 0.3) is 5.78 Å². The lowest BCUT2D eigenvalue weighted by Crippen LogP contribution is -2.21. The van der Waals surface area contributed by atoms with Gasteiger partial charge in [0, 0.05) is 35.7 Å². The highest BCUT2D eigenvalue weighted by Crippen LogP contribution is 2.32. The van der Waals surface area contributed by atoms with Crippen LogP contribution < -0.4 is 0 Å². The standard InChI is InChI=1S/C20H15ClN4O2S/c21-15-5-2-1-4-12(15)11-28-20-23-19-22-16-8-13(18-6-3-7-27-18)9-17(26)14(16)10-25(19)24-20/h1-7,10,13H,8-9,11H2/t13-/m0/s1. The highest BCUT2D eigenvalue weighted by molar-refractivity contribution is 7.98. The van der Waals surface area contributed by atoms with Crippen molar-refractivity contribution in [2.24, 2.45) is 0 Å². The number of benzene rings is 1. The van der Waals surface area contributed by atoms with Crippen LogP contribution in [0.2, 0.25) is 5.02 Å². The zero-order valence-electron chi connectivity index (χ0n) is 14.7. The molecule has 1 aliphatic carbocycles. The zero-order valence-corrected chi connectivity index (χ0v) is 16.3. The molecule has 6 nitrogen and oxygen atoms in total. The van der Waals surface area contributed by atoms with Gasteiger partial charge in [-0.15, -0.1) is 5.10 Å². The van der Waals surface area contributed by atoms with Crippen molar-refractivity contribution in [1.82, 2.24) is 19.6 Å². The molecule has 140 valence electrons. The Balaban J connectivity index is 1.42. The van der Waals surface area contributed by atoms with Crippen LogP contribution in [-0.4, -0.2) is 25.4 Å². The molecule has 8 heteroatoms. The molecule has 0 bridgehead atoms. The average Bonchev–Trinajstić information content (AvgIpc) is 3.35. The number of carbonyl (C=O) groups is 1. The summed E-state index contributed by atoms with van der Waals surface area (Å²) in [5.41, 5.74) is 2.39. The summed E-state index contributed by atoms with van der Waals surface area (Å²) in [6.07, 6.45) is 4.44. The van der Waals surface area contributed by atoms with E-state index in [0.29, 0.717) is 35.1 Å². The Morgan fingerprint density at radius 1 is 1.18 bits per heavy atom. The molecule has 4 aromatic rings. The number of carbonyl (C=O) groups excluding carboxylic acids is 1. The zero-order chi connectivity index (χ0) is 19.1. The quantitative estimate of drug-likeness (QED) is 0.458. The van der Waals surface area contributed by atoms with Crippen molar-refractivity contribution in [2.75, 3.05) is 0 Å².